The van der Waals surface area contributed by atoms with Gasteiger partial charge in [0.2, 0.25) is 0 Å². The van der Waals surface area contributed by atoms with Crippen LogP contribution in [-0.2, 0) is 13.0 Å². The van der Waals surface area contributed by atoms with Gasteiger partial charge in [-0.2, -0.15) is 0 Å². The molecule has 36 heavy (non-hydrogen) atoms. The summed E-state index contributed by atoms with van der Waals surface area (Å²) in [6, 6.07) is 6.18. The van der Waals surface area contributed by atoms with Crippen molar-refractivity contribution in [1.82, 2.24) is 20.2 Å². The molecule has 0 spiro atoms. The van der Waals surface area contributed by atoms with E-state index in [0.717, 1.165) is 72.3 Å². The number of nitrogens with zero attached hydrogens (tertiary/aromatic N) is 2. The van der Waals surface area contributed by atoms with E-state index < -0.39 is 0 Å². The third-order valence-electron chi connectivity index (χ3n) is 7.24. The first kappa shape index (κ1) is 26.0. The number of carbonyl (C=O) groups is 1. The number of hydrogen-bond donors (Lipinski definition) is 3. The summed E-state index contributed by atoms with van der Waals surface area (Å²) < 4.78 is 0. The van der Waals surface area contributed by atoms with Crippen molar-refractivity contribution in [3.05, 3.63) is 62.7 Å². The van der Waals surface area contributed by atoms with E-state index in [1.54, 1.807) is 0 Å². The first-order chi connectivity index (χ1) is 17.1. The zero-order valence-electron chi connectivity index (χ0n) is 22.6. The second-order valence-electron chi connectivity index (χ2n) is 11.1. The van der Waals surface area contributed by atoms with Gasteiger partial charge in [-0.3, -0.25) is 9.59 Å². The van der Waals surface area contributed by atoms with Crippen LogP contribution in [0.3, 0.4) is 0 Å². The molecule has 0 aliphatic carbocycles. The normalized spacial score (nSPS) is 14.8. The van der Waals surface area contributed by atoms with Gasteiger partial charge in [0, 0.05) is 60.2 Å². The molecule has 3 N–H and O–H groups in total. The molecule has 0 saturated carbocycles. The van der Waals surface area contributed by atoms with Crippen LogP contribution in [0, 0.1) is 25.7 Å². The van der Waals surface area contributed by atoms with E-state index in [1.165, 1.54) is 0 Å². The predicted octanol–water partition coefficient (Wildman–Crippen LogP) is 4.38. The molecular formula is C29H41N5O2. The SMILES string of the molecule is Cc1cc(C)c(CNC(=O)c2cc(N3CCC(CN(C)C)CC3)cc3[nH]cc(CC(C)C)c23)c(=O)[nH]1. The molecule has 0 bridgehead atoms. The summed E-state index contributed by atoms with van der Waals surface area (Å²) >= 11 is 0. The van der Waals surface area contributed by atoms with E-state index in [2.05, 4.69) is 59.1 Å². The Morgan fingerprint density at radius 3 is 2.53 bits per heavy atom. The maximum absolute atomic E-state index is 13.6. The van der Waals surface area contributed by atoms with Gasteiger partial charge in [-0.1, -0.05) is 13.8 Å². The fourth-order valence-corrected chi connectivity index (χ4v) is 5.54. The van der Waals surface area contributed by atoms with E-state index in [9.17, 15) is 9.59 Å². The lowest BCUT2D eigenvalue weighted by Crippen LogP contribution is -2.37. The molecule has 4 rings (SSSR count). The fraction of sp³-hybridized carbons (Fsp3) is 0.517. The Morgan fingerprint density at radius 1 is 1.17 bits per heavy atom. The van der Waals surface area contributed by atoms with Crippen molar-refractivity contribution in [2.75, 3.05) is 38.6 Å². The highest BCUT2D eigenvalue weighted by molar-refractivity contribution is 6.09. The molecule has 1 aliphatic heterocycles. The lowest BCUT2D eigenvalue weighted by molar-refractivity contribution is 0.0952. The Labute approximate surface area is 214 Å². The van der Waals surface area contributed by atoms with Gasteiger partial charge in [0.15, 0.2) is 0 Å². The zero-order valence-corrected chi connectivity index (χ0v) is 22.6. The van der Waals surface area contributed by atoms with Crippen LogP contribution in [-0.4, -0.2) is 54.5 Å². The Balaban J connectivity index is 1.64. The Bertz CT molecular complexity index is 1280. The minimum absolute atomic E-state index is 0.144. The average Bonchev–Trinajstić information content (AvgIpc) is 3.19. The molecule has 1 amide bonds. The van der Waals surface area contributed by atoms with Crippen LogP contribution in [0.1, 0.15) is 59.4 Å². The minimum Gasteiger partial charge on any atom is -0.371 e. The summed E-state index contributed by atoms with van der Waals surface area (Å²) in [6.45, 7) is 11.5. The standard InChI is InChI=1S/C29H41N5O2/c1-18(2)11-22-15-30-26-14-23(34-9-7-21(8-10-34)17-33(5)6)13-24(27(22)26)28(35)31-16-25-19(3)12-20(4)32-29(25)36/h12-15,18,21,30H,7-11,16-17H2,1-6H3,(H,31,35)(H,32,36). The number of pyridine rings is 1. The number of H-pyrrole nitrogens is 2. The van der Waals surface area contributed by atoms with Crippen molar-refractivity contribution >= 4 is 22.5 Å². The van der Waals surface area contributed by atoms with Gasteiger partial charge in [0.25, 0.3) is 11.5 Å². The average molecular weight is 492 g/mol. The summed E-state index contributed by atoms with van der Waals surface area (Å²) in [4.78, 5) is 37.0. The number of fused-ring (bicyclic) bond motifs is 1. The quantitative estimate of drug-likeness (QED) is 0.437. The molecule has 7 heteroatoms. The Hall–Kier alpha value is -3.06. The van der Waals surface area contributed by atoms with Crippen LogP contribution in [0.15, 0.2) is 29.2 Å². The highest BCUT2D eigenvalue weighted by Crippen LogP contribution is 2.32. The Kier molecular flexibility index (Phi) is 7.88. The predicted molar refractivity (Wildman–Crippen MR) is 148 cm³/mol. The topological polar surface area (TPSA) is 84.2 Å². The van der Waals surface area contributed by atoms with Crippen LogP contribution >= 0.6 is 0 Å². The van der Waals surface area contributed by atoms with E-state index in [1.807, 2.05) is 32.2 Å². The molecule has 2 aromatic heterocycles. The van der Waals surface area contributed by atoms with E-state index >= 15 is 0 Å². The van der Waals surface area contributed by atoms with Crippen molar-refractivity contribution in [2.24, 2.45) is 11.8 Å². The van der Waals surface area contributed by atoms with E-state index in [-0.39, 0.29) is 18.0 Å². The molecular weight excluding hydrogens is 450 g/mol. The third kappa shape index (κ3) is 5.84. The molecule has 1 fully saturated rings. The highest BCUT2D eigenvalue weighted by atomic mass is 16.1. The molecule has 0 unspecified atom stereocenters. The number of nitrogens with one attached hydrogen (secondary N) is 3. The number of carbonyl (C=O) groups excluding carboxylic acids is 1. The van der Waals surface area contributed by atoms with Gasteiger partial charge in [-0.15, -0.1) is 0 Å². The Morgan fingerprint density at radius 2 is 1.89 bits per heavy atom. The van der Waals surface area contributed by atoms with Crippen LogP contribution in [0.5, 0.6) is 0 Å². The number of rotatable bonds is 8. The van der Waals surface area contributed by atoms with Gasteiger partial charge < -0.3 is 25.1 Å². The van der Waals surface area contributed by atoms with Crippen molar-refractivity contribution in [2.45, 2.75) is 53.5 Å². The fourth-order valence-electron chi connectivity index (χ4n) is 5.54. The van der Waals surface area contributed by atoms with Gasteiger partial charge in [0.1, 0.15) is 0 Å². The van der Waals surface area contributed by atoms with Crippen molar-refractivity contribution in [1.29, 1.82) is 0 Å². The van der Waals surface area contributed by atoms with Crippen molar-refractivity contribution < 1.29 is 4.79 Å². The first-order valence-corrected chi connectivity index (χ1v) is 13.1. The third-order valence-corrected chi connectivity index (χ3v) is 7.24. The maximum atomic E-state index is 13.6. The smallest absolute Gasteiger partial charge is 0.253 e. The van der Waals surface area contributed by atoms with E-state index in [0.29, 0.717) is 23.0 Å². The van der Waals surface area contributed by atoms with Gasteiger partial charge in [-0.25, -0.2) is 0 Å². The number of hydrogen-bond acceptors (Lipinski definition) is 4. The minimum atomic E-state index is -0.145. The summed E-state index contributed by atoms with van der Waals surface area (Å²) in [7, 11) is 4.27. The first-order valence-electron chi connectivity index (χ1n) is 13.1. The van der Waals surface area contributed by atoms with Crippen LogP contribution in [0.25, 0.3) is 10.9 Å². The summed E-state index contributed by atoms with van der Waals surface area (Å²) in [5, 5.41) is 4.03. The molecule has 0 atom stereocenters. The number of aromatic nitrogens is 2. The zero-order chi connectivity index (χ0) is 26.0. The lowest BCUT2D eigenvalue weighted by Gasteiger charge is -2.35. The highest BCUT2D eigenvalue weighted by Gasteiger charge is 2.23. The van der Waals surface area contributed by atoms with Gasteiger partial charge in [-0.05, 0) is 88.4 Å². The number of amides is 1. The lowest BCUT2D eigenvalue weighted by atomic mass is 9.94. The second kappa shape index (κ2) is 10.9. The number of aromatic amines is 2. The number of benzene rings is 1. The largest absolute Gasteiger partial charge is 0.371 e. The molecule has 1 saturated heterocycles. The molecule has 0 radical (unpaired) electrons. The molecule has 7 nitrogen and oxygen atoms in total. The molecule has 194 valence electrons. The van der Waals surface area contributed by atoms with Gasteiger partial charge in [0.05, 0.1) is 5.56 Å². The maximum Gasteiger partial charge on any atom is 0.253 e. The number of piperidine rings is 1. The molecule has 3 aromatic rings. The molecule has 1 aromatic carbocycles. The molecule has 3 heterocycles. The van der Waals surface area contributed by atoms with Crippen LogP contribution < -0.4 is 15.8 Å². The van der Waals surface area contributed by atoms with E-state index in [4.69, 9.17) is 0 Å². The van der Waals surface area contributed by atoms with Crippen molar-refractivity contribution in [3.63, 3.8) is 0 Å². The monoisotopic (exact) mass is 491 g/mol. The summed E-state index contributed by atoms with van der Waals surface area (Å²) in [5.74, 6) is 1.04. The molecule has 1 aliphatic rings. The van der Waals surface area contributed by atoms with Crippen molar-refractivity contribution in [3.8, 4) is 0 Å². The number of anilines is 1. The van der Waals surface area contributed by atoms with Crippen LogP contribution in [0.4, 0.5) is 5.69 Å². The van der Waals surface area contributed by atoms with Gasteiger partial charge >= 0.3 is 0 Å². The second-order valence-corrected chi connectivity index (χ2v) is 11.1. The summed E-state index contributed by atoms with van der Waals surface area (Å²) in [5.41, 5.74) is 6.07. The summed E-state index contributed by atoms with van der Waals surface area (Å²) in [6.07, 6.45) is 5.24. The number of aryl methyl sites for hydroxylation is 2. The van der Waals surface area contributed by atoms with Crippen LogP contribution in [0.2, 0.25) is 0 Å².